The van der Waals surface area contributed by atoms with Crippen molar-refractivity contribution in [3.05, 3.63) is 30.5 Å². The van der Waals surface area contributed by atoms with Crippen LogP contribution in [0.15, 0.2) is 39.5 Å². The lowest BCUT2D eigenvalue weighted by molar-refractivity contribution is 0.454. The van der Waals surface area contributed by atoms with Gasteiger partial charge in [-0.05, 0) is 18.7 Å². The van der Waals surface area contributed by atoms with E-state index < -0.39 is 0 Å². The quantitative estimate of drug-likeness (QED) is 0.779. The SMILES string of the molecule is CNc1cn2ccnc2c(Sc2nc(C)co2)n1. The van der Waals surface area contributed by atoms with Crippen molar-refractivity contribution in [3.8, 4) is 0 Å². The lowest BCUT2D eigenvalue weighted by Crippen LogP contribution is -1.98. The first-order valence-corrected chi connectivity index (χ1v) is 6.19. The van der Waals surface area contributed by atoms with E-state index in [1.54, 1.807) is 12.5 Å². The van der Waals surface area contributed by atoms with Crippen LogP contribution in [0.25, 0.3) is 5.65 Å². The molecule has 0 bridgehead atoms. The summed E-state index contributed by atoms with van der Waals surface area (Å²) in [7, 11) is 1.83. The predicted molar refractivity (Wildman–Crippen MR) is 67.9 cm³/mol. The summed E-state index contributed by atoms with van der Waals surface area (Å²) < 4.78 is 7.24. The van der Waals surface area contributed by atoms with Crippen molar-refractivity contribution in [1.29, 1.82) is 0 Å². The number of rotatable bonds is 3. The third kappa shape index (κ3) is 1.92. The van der Waals surface area contributed by atoms with Crippen LogP contribution in [-0.4, -0.2) is 26.4 Å². The summed E-state index contributed by atoms with van der Waals surface area (Å²) in [4.78, 5) is 13.0. The Hall–Kier alpha value is -2.02. The summed E-state index contributed by atoms with van der Waals surface area (Å²) in [6, 6.07) is 0. The minimum absolute atomic E-state index is 0.568. The number of aryl methyl sites for hydroxylation is 1. The van der Waals surface area contributed by atoms with Crippen LogP contribution in [0, 0.1) is 6.92 Å². The summed E-state index contributed by atoms with van der Waals surface area (Å²) in [5, 5.41) is 4.34. The number of nitrogens with zero attached hydrogens (tertiary/aromatic N) is 4. The first-order valence-electron chi connectivity index (χ1n) is 5.37. The second kappa shape index (κ2) is 4.34. The molecule has 18 heavy (non-hydrogen) atoms. The molecule has 0 aliphatic rings. The summed E-state index contributed by atoms with van der Waals surface area (Å²) in [6.45, 7) is 1.89. The molecule has 92 valence electrons. The predicted octanol–water partition coefficient (Wildman–Crippen LogP) is 2.22. The smallest absolute Gasteiger partial charge is 0.262 e. The first-order chi connectivity index (χ1) is 8.76. The Morgan fingerprint density at radius 2 is 2.28 bits per heavy atom. The Morgan fingerprint density at radius 3 is 3.00 bits per heavy atom. The van der Waals surface area contributed by atoms with Crippen molar-refractivity contribution in [2.24, 2.45) is 0 Å². The monoisotopic (exact) mass is 261 g/mol. The fourth-order valence-corrected chi connectivity index (χ4v) is 2.40. The number of fused-ring (bicyclic) bond motifs is 1. The van der Waals surface area contributed by atoms with E-state index in [0.717, 1.165) is 22.2 Å². The van der Waals surface area contributed by atoms with E-state index in [2.05, 4.69) is 20.3 Å². The standard InChI is InChI=1S/C11H11N5OS/c1-7-6-17-11(14-7)18-10-9-13-3-4-16(9)5-8(12-2)15-10/h3-6,12H,1-2H3. The van der Waals surface area contributed by atoms with Gasteiger partial charge in [0.25, 0.3) is 5.22 Å². The van der Waals surface area contributed by atoms with Crippen LogP contribution in [0.2, 0.25) is 0 Å². The van der Waals surface area contributed by atoms with E-state index in [4.69, 9.17) is 4.42 Å². The number of aromatic nitrogens is 4. The van der Waals surface area contributed by atoms with E-state index in [0.29, 0.717) is 5.22 Å². The van der Waals surface area contributed by atoms with E-state index in [1.165, 1.54) is 11.8 Å². The van der Waals surface area contributed by atoms with Gasteiger partial charge < -0.3 is 14.1 Å². The summed E-state index contributed by atoms with van der Waals surface area (Å²) in [5.74, 6) is 0.770. The topological polar surface area (TPSA) is 68.2 Å². The number of hydrogen-bond donors (Lipinski definition) is 1. The lowest BCUT2D eigenvalue weighted by atomic mass is 10.6. The molecular weight excluding hydrogens is 250 g/mol. The Labute approximate surface area is 107 Å². The number of imidazole rings is 1. The average Bonchev–Trinajstić information content (AvgIpc) is 2.98. The van der Waals surface area contributed by atoms with Gasteiger partial charge in [0, 0.05) is 19.4 Å². The molecule has 0 fully saturated rings. The van der Waals surface area contributed by atoms with Crippen LogP contribution in [0.4, 0.5) is 5.82 Å². The molecule has 3 aromatic rings. The third-order valence-corrected chi connectivity index (χ3v) is 3.21. The van der Waals surface area contributed by atoms with Crippen molar-refractivity contribution in [1.82, 2.24) is 19.4 Å². The Bertz CT molecular complexity index is 690. The van der Waals surface area contributed by atoms with Gasteiger partial charge in [-0.15, -0.1) is 0 Å². The number of oxazole rings is 1. The van der Waals surface area contributed by atoms with Gasteiger partial charge in [0.05, 0.1) is 11.9 Å². The van der Waals surface area contributed by atoms with Gasteiger partial charge in [-0.2, -0.15) is 0 Å². The highest BCUT2D eigenvalue weighted by molar-refractivity contribution is 7.99. The van der Waals surface area contributed by atoms with Crippen LogP contribution in [0.1, 0.15) is 5.69 Å². The second-order valence-corrected chi connectivity index (χ2v) is 4.64. The molecule has 0 atom stereocenters. The molecule has 7 heteroatoms. The fourth-order valence-electron chi connectivity index (χ4n) is 1.55. The van der Waals surface area contributed by atoms with Crippen LogP contribution in [0.5, 0.6) is 0 Å². The molecule has 1 N–H and O–H groups in total. The zero-order chi connectivity index (χ0) is 12.5. The molecule has 0 spiro atoms. The fraction of sp³-hybridized carbons (Fsp3) is 0.182. The summed E-state index contributed by atoms with van der Waals surface area (Å²) in [5.41, 5.74) is 1.64. The Balaban J connectivity index is 2.06. The highest BCUT2D eigenvalue weighted by Crippen LogP contribution is 2.29. The van der Waals surface area contributed by atoms with Crippen LogP contribution in [0.3, 0.4) is 0 Å². The maximum Gasteiger partial charge on any atom is 0.262 e. The van der Waals surface area contributed by atoms with Gasteiger partial charge in [0.2, 0.25) is 0 Å². The molecule has 0 aliphatic carbocycles. The van der Waals surface area contributed by atoms with Crippen molar-refractivity contribution in [2.45, 2.75) is 17.2 Å². The maximum absolute atomic E-state index is 5.32. The van der Waals surface area contributed by atoms with Crippen molar-refractivity contribution >= 4 is 23.2 Å². The van der Waals surface area contributed by atoms with Crippen molar-refractivity contribution < 1.29 is 4.42 Å². The molecular formula is C11H11N5OS. The minimum atomic E-state index is 0.568. The maximum atomic E-state index is 5.32. The molecule has 0 unspecified atom stereocenters. The molecule has 3 heterocycles. The highest BCUT2D eigenvalue weighted by atomic mass is 32.2. The molecule has 0 aromatic carbocycles. The van der Waals surface area contributed by atoms with E-state index in [-0.39, 0.29) is 0 Å². The van der Waals surface area contributed by atoms with Crippen LogP contribution in [-0.2, 0) is 0 Å². The normalized spacial score (nSPS) is 11.0. The molecule has 0 saturated heterocycles. The van der Waals surface area contributed by atoms with E-state index in [1.807, 2.05) is 30.8 Å². The van der Waals surface area contributed by atoms with Gasteiger partial charge in [0.15, 0.2) is 10.7 Å². The molecule has 0 saturated carbocycles. The zero-order valence-corrected chi connectivity index (χ0v) is 10.7. The zero-order valence-electron chi connectivity index (χ0n) is 9.91. The number of hydrogen-bond acceptors (Lipinski definition) is 6. The van der Waals surface area contributed by atoms with Gasteiger partial charge in [-0.25, -0.2) is 15.0 Å². The molecule has 0 radical (unpaired) electrons. The molecule has 0 aliphatic heterocycles. The Morgan fingerprint density at radius 1 is 1.39 bits per heavy atom. The van der Waals surface area contributed by atoms with Crippen molar-refractivity contribution in [3.63, 3.8) is 0 Å². The minimum Gasteiger partial charge on any atom is -0.439 e. The summed E-state index contributed by atoms with van der Waals surface area (Å²) >= 11 is 1.36. The largest absolute Gasteiger partial charge is 0.439 e. The molecule has 3 aromatic heterocycles. The number of anilines is 1. The van der Waals surface area contributed by atoms with E-state index in [9.17, 15) is 0 Å². The second-order valence-electron chi connectivity index (χ2n) is 3.70. The highest BCUT2D eigenvalue weighted by Gasteiger charge is 2.11. The van der Waals surface area contributed by atoms with Crippen molar-refractivity contribution in [2.75, 3.05) is 12.4 Å². The molecule has 0 amide bonds. The molecule has 6 nitrogen and oxygen atoms in total. The summed E-state index contributed by atoms with van der Waals surface area (Å²) in [6.07, 6.45) is 7.12. The average molecular weight is 261 g/mol. The van der Waals surface area contributed by atoms with Gasteiger partial charge in [-0.1, -0.05) is 0 Å². The van der Waals surface area contributed by atoms with Gasteiger partial charge >= 0.3 is 0 Å². The number of nitrogens with one attached hydrogen (secondary N) is 1. The van der Waals surface area contributed by atoms with E-state index >= 15 is 0 Å². The van der Waals surface area contributed by atoms with Crippen LogP contribution < -0.4 is 5.32 Å². The first kappa shape index (κ1) is 11.1. The van der Waals surface area contributed by atoms with Gasteiger partial charge in [-0.3, -0.25) is 0 Å². The third-order valence-electron chi connectivity index (χ3n) is 2.38. The van der Waals surface area contributed by atoms with Crippen LogP contribution >= 0.6 is 11.8 Å². The lowest BCUT2D eigenvalue weighted by Gasteiger charge is -2.04. The molecule has 3 rings (SSSR count). The Kier molecular flexibility index (Phi) is 2.67. The van der Waals surface area contributed by atoms with Gasteiger partial charge in [0.1, 0.15) is 12.1 Å².